The highest BCUT2D eigenvalue weighted by Crippen LogP contribution is 2.44. The van der Waals surface area contributed by atoms with E-state index in [-0.39, 0.29) is 18.5 Å². The highest BCUT2D eigenvalue weighted by molar-refractivity contribution is 5.85. The lowest BCUT2D eigenvalue weighted by Gasteiger charge is -2.34. The molecule has 1 N–H and O–H groups in total. The van der Waals surface area contributed by atoms with Crippen molar-refractivity contribution in [2.45, 2.75) is 49.7 Å². The van der Waals surface area contributed by atoms with Gasteiger partial charge in [-0.15, -0.1) is 12.4 Å². The van der Waals surface area contributed by atoms with Gasteiger partial charge in [0.25, 0.3) is 0 Å². The maximum atomic E-state index is 12.5. The molecule has 2 unspecified atom stereocenters. The Kier molecular flexibility index (Phi) is 6.06. The van der Waals surface area contributed by atoms with Crippen LogP contribution in [-0.4, -0.2) is 48.3 Å². The van der Waals surface area contributed by atoms with Crippen LogP contribution in [0.2, 0.25) is 0 Å². The second-order valence-corrected chi connectivity index (χ2v) is 6.74. The molecule has 23 heavy (non-hydrogen) atoms. The number of likely N-dealkylation sites (N-methyl/N-ethyl adjacent to an activating group) is 1. The van der Waals surface area contributed by atoms with Crippen LogP contribution in [0, 0.1) is 0 Å². The van der Waals surface area contributed by atoms with E-state index in [2.05, 4.69) is 4.90 Å². The molecule has 2 aliphatic rings. The lowest BCUT2D eigenvalue weighted by Crippen LogP contribution is -2.44. The molecule has 0 bridgehead atoms. The van der Waals surface area contributed by atoms with Gasteiger partial charge < -0.3 is 14.7 Å². The largest absolute Gasteiger partial charge is 0.459 e. The van der Waals surface area contributed by atoms with E-state index in [1.165, 1.54) is 0 Å². The summed E-state index contributed by atoms with van der Waals surface area (Å²) >= 11 is 0. The predicted octanol–water partition coefficient (Wildman–Crippen LogP) is 2.53. The van der Waals surface area contributed by atoms with E-state index < -0.39 is 17.5 Å². The Balaban J connectivity index is 0.00000192. The molecule has 2 fully saturated rings. The monoisotopic (exact) mass is 339 g/mol. The van der Waals surface area contributed by atoms with Gasteiger partial charge in [-0.3, -0.25) is 0 Å². The number of benzene rings is 1. The lowest BCUT2D eigenvalue weighted by molar-refractivity contribution is -0.162. The summed E-state index contributed by atoms with van der Waals surface area (Å²) < 4.78 is 5.57. The molecule has 0 spiro atoms. The Bertz CT molecular complexity index is 516. The third-order valence-corrected chi connectivity index (χ3v) is 5.22. The third-order valence-electron chi connectivity index (χ3n) is 5.22. The van der Waals surface area contributed by atoms with Crippen molar-refractivity contribution in [1.29, 1.82) is 0 Å². The summed E-state index contributed by atoms with van der Waals surface area (Å²) in [4.78, 5) is 14.6. The van der Waals surface area contributed by atoms with Gasteiger partial charge in [-0.2, -0.15) is 0 Å². The second kappa shape index (κ2) is 7.65. The van der Waals surface area contributed by atoms with E-state index in [1.807, 2.05) is 37.4 Å². The Hall–Kier alpha value is -1.10. The normalized spacial score (nSPS) is 24.9. The van der Waals surface area contributed by atoms with Crippen LogP contribution in [0.25, 0.3) is 0 Å². The molecule has 1 aromatic carbocycles. The standard InChI is InChI=1S/C18H25NO3.ClH/c1-19-12-9-15(13-19)22-17(21)16(20)18(10-5-6-11-18)14-7-3-2-4-8-14;/h2-4,7-8,15-16,20H,5-6,9-13H2,1H3;1H. The van der Waals surface area contributed by atoms with E-state index >= 15 is 0 Å². The molecule has 4 nitrogen and oxygen atoms in total. The van der Waals surface area contributed by atoms with Gasteiger partial charge in [0.05, 0.1) is 0 Å². The summed E-state index contributed by atoms with van der Waals surface area (Å²) in [6.07, 6.45) is 3.49. The fourth-order valence-electron chi connectivity index (χ4n) is 3.94. The highest BCUT2D eigenvalue weighted by Gasteiger charge is 2.46. The van der Waals surface area contributed by atoms with Crippen LogP contribution in [0.1, 0.15) is 37.7 Å². The first-order chi connectivity index (χ1) is 10.6. The number of hydrogen-bond donors (Lipinski definition) is 1. The summed E-state index contributed by atoms with van der Waals surface area (Å²) in [6.45, 7) is 1.70. The van der Waals surface area contributed by atoms with Gasteiger partial charge in [-0.25, -0.2) is 4.79 Å². The maximum absolute atomic E-state index is 12.5. The zero-order valence-electron chi connectivity index (χ0n) is 13.6. The van der Waals surface area contributed by atoms with Crippen molar-refractivity contribution in [2.75, 3.05) is 20.1 Å². The van der Waals surface area contributed by atoms with Crippen molar-refractivity contribution in [3.63, 3.8) is 0 Å². The van der Waals surface area contributed by atoms with Gasteiger partial charge in [0.15, 0.2) is 6.10 Å². The minimum absolute atomic E-state index is 0. The average Bonchev–Trinajstić information content (AvgIpc) is 3.17. The SMILES string of the molecule is CN1CCC(OC(=O)C(O)C2(c3ccccc3)CCCC2)C1.Cl. The molecule has 1 aliphatic carbocycles. The number of carbonyl (C=O) groups is 1. The number of rotatable bonds is 4. The van der Waals surface area contributed by atoms with Crippen LogP contribution in [-0.2, 0) is 14.9 Å². The van der Waals surface area contributed by atoms with Gasteiger partial charge >= 0.3 is 5.97 Å². The molecule has 0 radical (unpaired) electrons. The molecule has 1 heterocycles. The molecule has 1 aliphatic heterocycles. The first-order valence-electron chi connectivity index (χ1n) is 8.24. The summed E-state index contributed by atoms with van der Waals surface area (Å²) in [5, 5.41) is 10.8. The topological polar surface area (TPSA) is 49.8 Å². The fourth-order valence-corrected chi connectivity index (χ4v) is 3.94. The fraction of sp³-hybridized carbons (Fsp3) is 0.611. The van der Waals surface area contributed by atoms with E-state index in [0.717, 1.165) is 50.8 Å². The summed E-state index contributed by atoms with van der Waals surface area (Å²) in [6, 6.07) is 9.94. The van der Waals surface area contributed by atoms with Gasteiger partial charge in [0.1, 0.15) is 6.10 Å². The predicted molar refractivity (Wildman–Crippen MR) is 91.8 cm³/mol. The molecule has 128 valence electrons. The van der Waals surface area contributed by atoms with Crippen LogP contribution in [0.15, 0.2) is 30.3 Å². The molecule has 2 atom stereocenters. The number of esters is 1. The molecule has 1 aromatic rings. The van der Waals surface area contributed by atoms with Crippen molar-refractivity contribution in [3.8, 4) is 0 Å². The minimum Gasteiger partial charge on any atom is -0.459 e. The Morgan fingerprint density at radius 1 is 1.30 bits per heavy atom. The molecule has 3 rings (SSSR count). The lowest BCUT2D eigenvalue weighted by atomic mass is 9.74. The number of likely N-dealkylation sites (tertiary alicyclic amines) is 1. The maximum Gasteiger partial charge on any atom is 0.336 e. The van der Waals surface area contributed by atoms with Crippen LogP contribution >= 0.6 is 12.4 Å². The van der Waals surface area contributed by atoms with Crippen LogP contribution < -0.4 is 0 Å². The number of nitrogens with zero attached hydrogens (tertiary/aromatic N) is 1. The Morgan fingerprint density at radius 2 is 1.96 bits per heavy atom. The Labute approximate surface area is 144 Å². The van der Waals surface area contributed by atoms with Gasteiger partial charge in [0.2, 0.25) is 0 Å². The molecular formula is C18H26ClNO3. The summed E-state index contributed by atoms with van der Waals surface area (Å²) in [7, 11) is 2.02. The number of hydrogen-bond acceptors (Lipinski definition) is 4. The van der Waals surface area contributed by atoms with E-state index in [0.29, 0.717) is 0 Å². The van der Waals surface area contributed by atoms with Crippen LogP contribution in [0.5, 0.6) is 0 Å². The van der Waals surface area contributed by atoms with Gasteiger partial charge in [-0.05, 0) is 31.9 Å². The quantitative estimate of drug-likeness (QED) is 0.856. The number of aliphatic hydroxyl groups is 1. The molecular weight excluding hydrogens is 314 g/mol. The van der Waals surface area contributed by atoms with Crippen molar-refractivity contribution < 1.29 is 14.6 Å². The van der Waals surface area contributed by atoms with E-state index in [9.17, 15) is 9.90 Å². The highest BCUT2D eigenvalue weighted by atomic mass is 35.5. The zero-order chi connectivity index (χ0) is 15.6. The van der Waals surface area contributed by atoms with Crippen LogP contribution in [0.4, 0.5) is 0 Å². The van der Waals surface area contributed by atoms with Crippen molar-refractivity contribution >= 4 is 18.4 Å². The number of carbonyl (C=O) groups excluding carboxylic acids is 1. The second-order valence-electron chi connectivity index (χ2n) is 6.74. The Morgan fingerprint density at radius 3 is 2.52 bits per heavy atom. The summed E-state index contributed by atoms with van der Waals surface area (Å²) in [5.41, 5.74) is 0.587. The van der Waals surface area contributed by atoms with Crippen molar-refractivity contribution in [3.05, 3.63) is 35.9 Å². The summed E-state index contributed by atoms with van der Waals surface area (Å²) in [5.74, 6) is -0.453. The van der Waals surface area contributed by atoms with Crippen molar-refractivity contribution in [2.24, 2.45) is 0 Å². The molecule has 5 heteroatoms. The number of halogens is 1. The van der Waals surface area contributed by atoms with E-state index in [1.54, 1.807) is 0 Å². The number of ether oxygens (including phenoxy) is 1. The molecule has 0 aromatic heterocycles. The minimum atomic E-state index is -1.07. The average molecular weight is 340 g/mol. The molecule has 0 amide bonds. The van der Waals surface area contributed by atoms with Gasteiger partial charge in [0, 0.05) is 18.5 Å². The third kappa shape index (κ3) is 3.70. The van der Waals surface area contributed by atoms with Gasteiger partial charge in [-0.1, -0.05) is 43.2 Å². The zero-order valence-corrected chi connectivity index (χ0v) is 14.4. The van der Waals surface area contributed by atoms with Crippen molar-refractivity contribution in [1.82, 2.24) is 4.90 Å². The first kappa shape index (κ1) is 18.2. The first-order valence-corrected chi connectivity index (χ1v) is 8.24. The van der Waals surface area contributed by atoms with Crippen LogP contribution in [0.3, 0.4) is 0 Å². The number of aliphatic hydroxyl groups excluding tert-OH is 1. The molecule has 1 saturated carbocycles. The molecule has 1 saturated heterocycles. The smallest absolute Gasteiger partial charge is 0.336 e. The van der Waals surface area contributed by atoms with E-state index in [4.69, 9.17) is 4.74 Å².